The molecule has 0 aliphatic heterocycles. The minimum atomic E-state index is -0.140. The lowest BCUT2D eigenvalue weighted by molar-refractivity contribution is -0.113. The van der Waals surface area contributed by atoms with Crippen molar-refractivity contribution >= 4 is 35.0 Å². The number of hydrogen-bond acceptors (Lipinski definition) is 5. The summed E-state index contributed by atoms with van der Waals surface area (Å²) >= 11 is 7.38. The van der Waals surface area contributed by atoms with Crippen molar-refractivity contribution in [3.05, 3.63) is 83.1 Å². The van der Waals surface area contributed by atoms with E-state index in [9.17, 15) is 4.79 Å². The molecule has 33 heavy (non-hydrogen) atoms. The molecule has 0 unspecified atom stereocenters. The number of nitrogens with zero attached hydrogens (tertiary/aromatic N) is 4. The quantitative estimate of drug-likeness (QED) is 0.323. The van der Waals surface area contributed by atoms with Gasteiger partial charge < -0.3 is 5.32 Å². The van der Waals surface area contributed by atoms with Crippen molar-refractivity contribution in [1.82, 2.24) is 19.7 Å². The molecular weight excluding hydrogens is 454 g/mol. The summed E-state index contributed by atoms with van der Waals surface area (Å²) in [4.78, 5) is 16.9. The molecule has 168 valence electrons. The summed E-state index contributed by atoms with van der Waals surface area (Å²) in [5.74, 6) is 0.753. The molecule has 4 rings (SSSR count). The van der Waals surface area contributed by atoms with Crippen LogP contribution in [-0.4, -0.2) is 31.4 Å². The summed E-state index contributed by atoms with van der Waals surface area (Å²) in [6, 6.07) is 17.3. The number of halogens is 1. The second-order valence-corrected chi connectivity index (χ2v) is 8.74. The van der Waals surface area contributed by atoms with Crippen molar-refractivity contribution in [2.45, 2.75) is 31.8 Å². The number of pyridine rings is 1. The normalized spacial score (nSPS) is 10.9. The van der Waals surface area contributed by atoms with Crippen LogP contribution in [0.4, 0.5) is 5.69 Å². The van der Waals surface area contributed by atoms with Crippen LogP contribution < -0.4 is 5.32 Å². The van der Waals surface area contributed by atoms with Crippen LogP contribution in [0.5, 0.6) is 0 Å². The summed E-state index contributed by atoms with van der Waals surface area (Å²) in [7, 11) is 0. The first-order valence-corrected chi connectivity index (χ1v) is 12.1. The smallest absolute Gasteiger partial charge is 0.234 e. The van der Waals surface area contributed by atoms with Crippen LogP contribution in [0.3, 0.4) is 0 Å². The number of carbonyl (C=O) groups is 1. The number of para-hydroxylation sites is 1. The predicted octanol–water partition coefficient (Wildman–Crippen LogP) is 5.84. The Hall–Kier alpha value is -3.16. The third kappa shape index (κ3) is 5.26. The highest BCUT2D eigenvalue weighted by atomic mass is 35.5. The van der Waals surface area contributed by atoms with Gasteiger partial charge in [0, 0.05) is 28.7 Å². The van der Waals surface area contributed by atoms with E-state index in [-0.39, 0.29) is 11.7 Å². The lowest BCUT2D eigenvalue weighted by Gasteiger charge is -2.18. The van der Waals surface area contributed by atoms with Gasteiger partial charge in [-0.05, 0) is 54.3 Å². The first-order chi connectivity index (χ1) is 16.1. The van der Waals surface area contributed by atoms with Crippen LogP contribution in [0, 0.1) is 0 Å². The van der Waals surface area contributed by atoms with Crippen molar-refractivity contribution in [2.75, 3.05) is 11.1 Å². The summed E-state index contributed by atoms with van der Waals surface area (Å²) in [6.45, 7) is 4.27. The molecule has 0 radical (unpaired) electrons. The highest BCUT2D eigenvalue weighted by Gasteiger charge is 2.21. The van der Waals surface area contributed by atoms with Gasteiger partial charge in [-0.1, -0.05) is 61.5 Å². The third-order valence-corrected chi connectivity index (χ3v) is 6.35. The molecule has 0 saturated carbocycles. The maximum Gasteiger partial charge on any atom is 0.234 e. The fourth-order valence-corrected chi connectivity index (χ4v) is 4.57. The first kappa shape index (κ1) is 23.0. The van der Waals surface area contributed by atoms with E-state index in [2.05, 4.69) is 57.1 Å². The second-order valence-electron chi connectivity index (χ2n) is 7.36. The Labute approximate surface area is 202 Å². The summed E-state index contributed by atoms with van der Waals surface area (Å²) in [5.41, 5.74) is 5.00. The molecule has 2 aromatic heterocycles. The topological polar surface area (TPSA) is 72.7 Å². The molecule has 0 spiro atoms. The fourth-order valence-electron chi connectivity index (χ4n) is 3.64. The number of nitrogens with one attached hydrogen (secondary N) is 1. The highest BCUT2D eigenvalue weighted by Crippen LogP contribution is 2.32. The fraction of sp³-hybridized carbons (Fsp3) is 0.200. The lowest BCUT2D eigenvalue weighted by atomic mass is 10.0. The monoisotopic (exact) mass is 477 g/mol. The van der Waals surface area contributed by atoms with Crippen LogP contribution in [0.2, 0.25) is 5.02 Å². The largest absolute Gasteiger partial charge is 0.325 e. The van der Waals surface area contributed by atoms with Crippen LogP contribution in [0.15, 0.2) is 72.1 Å². The Morgan fingerprint density at radius 3 is 2.45 bits per heavy atom. The molecule has 2 heterocycles. The number of aryl methyl sites for hydroxylation is 2. The molecule has 1 amide bonds. The molecular formula is C25H24ClN5OS. The molecule has 8 heteroatoms. The zero-order valence-corrected chi connectivity index (χ0v) is 20.0. The number of thioether (sulfide) groups is 1. The van der Waals surface area contributed by atoms with Gasteiger partial charge in [0.25, 0.3) is 0 Å². The summed E-state index contributed by atoms with van der Waals surface area (Å²) in [5, 5.41) is 13.1. The van der Waals surface area contributed by atoms with E-state index in [0.29, 0.717) is 21.7 Å². The van der Waals surface area contributed by atoms with Gasteiger partial charge in [0.15, 0.2) is 11.0 Å². The molecule has 2 aromatic carbocycles. The van der Waals surface area contributed by atoms with Crippen LogP contribution in [-0.2, 0) is 17.6 Å². The molecule has 0 bridgehead atoms. The number of anilines is 1. The second kappa shape index (κ2) is 10.6. The van der Waals surface area contributed by atoms with Gasteiger partial charge in [-0.25, -0.2) is 0 Å². The maximum atomic E-state index is 12.6. The van der Waals surface area contributed by atoms with Crippen molar-refractivity contribution in [3.63, 3.8) is 0 Å². The number of aromatic nitrogens is 4. The molecule has 0 aliphatic rings. The van der Waals surface area contributed by atoms with E-state index in [0.717, 1.165) is 24.1 Å². The van der Waals surface area contributed by atoms with E-state index in [1.54, 1.807) is 30.6 Å². The molecule has 6 nitrogen and oxygen atoms in total. The Balaban J connectivity index is 1.70. The Morgan fingerprint density at radius 2 is 1.79 bits per heavy atom. The van der Waals surface area contributed by atoms with Gasteiger partial charge in [-0.15, -0.1) is 10.2 Å². The SMILES string of the molecule is CCc1cccc(CC)c1-n1c(SCC(=O)Nc2cccc(Cl)c2)nnc1-c1cccnc1. The molecule has 0 aliphatic carbocycles. The lowest BCUT2D eigenvalue weighted by Crippen LogP contribution is -2.15. The van der Waals surface area contributed by atoms with Gasteiger partial charge in [-0.3, -0.25) is 14.3 Å². The van der Waals surface area contributed by atoms with Crippen molar-refractivity contribution < 1.29 is 4.79 Å². The average Bonchev–Trinajstić information content (AvgIpc) is 3.26. The third-order valence-electron chi connectivity index (χ3n) is 5.18. The Kier molecular flexibility index (Phi) is 7.42. The van der Waals surface area contributed by atoms with Gasteiger partial charge in [-0.2, -0.15) is 0 Å². The molecule has 4 aromatic rings. The van der Waals surface area contributed by atoms with E-state index in [4.69, 9.17) is 11.6 Å². The summed E-state index contributed by atoms with van der Waals surface area (Å²) < 4.78 is 2.06. The molecule has 0 atom stereocenters. The van der Waals surface area contributed by atoms with E-state index in [1.807, 2.05) is 18.2 Å². The van der Waals surface area contributed by atoms with Crippen molar-refractivity contribution in [3.8, 4) is 17.1 Å². The predicted molar refractivity (Wildman–Crippen MR) is 134 cm³/mol. The Bertz CT molecular complexity index is 1240. The van der Waals surface area contributed by atoms with E-state index >= 15 is 0 Å². The average molecular weight is 478 g/mol. The number of hydrogen-bond donors (Lipinski definition) is 1. The van der Waals surface area contributed by atoms with Crippen LogP contribution in [0.25, 0.3) is 17.1 Å². The van der Waals surface area contributed by atoms with Gasteiger partial charge >= 0.3 is 0 Å². The van der Waals surface area contributed by atoms with Gasteiger partial charge in [0.1, 0.15) is 0 Å². The summed E-state index contributed by atoms with van der Waals surface area (Å²) in [6.07, 6.45) is 5.25. The number of carbonyl (C=O) groups excluding carboxylic acids is 1. The zero-order valence-electron chi connectivity index (χ0n) is 18.5. The van der Waals surface area contributed by atoms with E-state index < -0.39 is 0 Å². The van der Waals surface area contributed by atoms with Crippen molar-refractivity contribution in [1.29, 1.82) is 0 Å². The standard InChI is InChI=1S/C25H24ClN5OS/c1-3-17-8-5-9-18(4-2)23(17)31-24(19-10-7-13-27-15-19)29-30-25(31)33-16-22(32)28-21-12-6-11-20(26)14-21/h5-15H,3-4,16H2,1-2H3,(H,28,32). The maximum absolute atomic E-state index is 12.6. The number of amides is 1. The van der Waals surface area contributed by atoms with Gasteiger partial charge in [0.05, 0.1) is 11.4 Å². The zero-order chi connectivity index (χ0) is 23.2. The Morgan fingerprint density at radius 1 is 1.03 bits per heavy atom. The molecule has 0 saturated heterocycles. The van der Waals surface area contributed by atoms with Crippen LogP contribution in [0.1, 0.15) is 25.0 Å². The number of rotatable bonds is 8. The van der Waals surface area contributed by atoms with Crippen LogP contribution >= 0.6 is 23.4 Å². The molecule has 1 N–H and O–H groups in total. The highest BCUT2D eigenvalue weighted by molar-refractivity contribution is 7.99. The van der Waals surface area contributed by atoms with E-state index in [1.165, 1.54) is 22.9 Å². The van der Waals surface area contributed by atoms with Crippen molar-refractivity contribution in [2.24, 2.45) is 0 Å². The minimum Gasteiger partial charge on any atom is -0.325 e. The first-order valence-electron chi connectivity index (χ1n) is 10.8. The minimum absolute atomic E-state index is 0.140. The number of benzene rings is 2. The molecule has 0 fully saturated rings. The van der Waals surface area contributed by atoms with Gasteiger partial charge in [0.2, 0.25) is 5.91 Å².